The third kappa shape index (κ3) is 6.06. The minimum Gasteiger partial charge on any atom is -0.415 e. The van der Waals surface area contributed by atoms with Crippen molar-refractivity contribution in [1.82, 2.24) is 29.5 Å². The molecule has 3 heterocycles. The molecule has 1 aliphatic heterocycles. The first-order valence-electron chi connectivity index (χ1n) is 11.3. The Morgan fingerprint density at radius 2 is 1.55 bits per heavy atom. The summed E-state index contributed by atoms with van der Waals surface area (Å²) in [5.74, 6) is -1.15. The van der Waals surface area contributed by atoms with Crippen LogP contribution in [0.1, 0.15) is 32.2 Å². The maximum atomic E-state index is 13.2. The maximum Gasteiger partial charge on any atom is 0.433 e. The highest BCUT2D eigenvalue weighted by molar-refractivity contribution is 6.74. The first-order chi connectivity index (χ1) is 17.2. The van der Waals surface area contributed by atoms with Gasteiger partial charge in [0.05, 0.1) is 19.4 Å². The van der Waals surface area contributed by atoms with Crippen LogP contribution in [-0.2, 0) is 21.6 Å². The number of rotatable bonds is 6. The molecule has 0 spiro atoms. The van der Waals surface area contributed by atoms with Gasteiger partial charge in [-0.1, -0.05) is 20.8 Å². The first kappa shape index (κ1) is 29.3. The Balaban J connectivity index is 1.92. The summed E-state index contributed by atoms with van der Waals surface area (Å²) in [5.41, 5.74) is -4.22. The number of pyridine rings is 1. The van der Waals surface area contributed by atoms with Crippen LogP contribution in [0.3, 0.4) is 0 Å². The average molecular weight is 565 g/mol. The number of nitrogens with zero attached hydrogens (tertiary/aromatic N) is 6. The Morgan fingerprint density at radius 3 is 2.05 bits per heavy atom. The van der Waals surface area contributed by atoms with Crippen molar-refractivity contribution in [2.45, 2.75) is 51.3 Å². The molecule has 0 N–H and O–H groups in total. The Kier molecular flexibility index (Phi) is 7.55. The fraction of sp³-hybridized carbons (Fsp3) is 0.500. The lowest BCUT2D eigenvalue weighted by Gasteiger charge is -2.36. The second-order valence-electron chi connectivity index (χ2n) is 10.1. The highest BCUT2D eigenvalue weighted by atomic mass is 28.4. The zero-order valence-electron chi connectivity index (χ0n) is 21.4. The Bertz CT molecular complexity index is 1230. The highest BCUT2D eigenvalue weighted by Crippen LogP contribution is 2.37. The van der Waals surface area contributed by atoms with Crippen molar-refractivity contribution < 1.29 is 40.4 Å². The van der Waals surface area contributed by atoms with Crippen LogP contribution < -0.4 is 0 Å². The van der Waals surface area contributed by atoms with Crippen molar-refractivity contribution in [3.05, 3.63) is 35.5 Å². The van der Waals surface area contributed by atoms with Crippen molar-refractivity contribution in [2.24, 2.45) is 0 Å². The van der Waals surface area contributed by atoms with Gasteiger partial charge >= 0.3 is 18.4 Å². The predicted molar refractivity (Wildman–Crippen MR) is 126 cm³/mol. The van der Waals surface area contributed by atoms with E-state index < -0.39 is 55.4 Å². The second-order valence-corrected chi connectivity index (χ2v) is 14.9. The molecule has 1 fully saturated rings. The molecule has 0 unspecified atom stereocenters. The molecule has 0 aliphatic carbocycles. The molecule has 9 nitrogen and oxygen atoms in total. The Hall–Kier alpha value is -3.27. The number of imide groups is 1. The van der Waals surface area contributed by atoms with Gasteiger partial charge in [-0.25, -0.2) is 19.4 Å². The highest BCUT2D eigenvalue weighted by Gasteiger charge is 2.41. The molecule has 38 heavy (non-hydrogen) atoms. The largest absolute Gasteiger partial charge is 0.433 e. The van der Waals surface area contributed by atoms with Crippen molar-refractivity contribution >= 4 is 26.5 Å². The number of aromatic nitrogens is 4. The topological polar surface area (TPSA) is 93.5 Å². The molecular formula is C22H26F6N6O3Si. The zero-order chi connectivity index (χ0) is 28.8. The minimum atomic E-state index is -5.14. The minimum absolute atomic E-state index is 0.0308. The van der Waals surface area contributed by atoms with Crippen molar-refractivity contribution in [3.63, 3.8) is 0 Å². The van der Waals surface area contributed by atoms with Crippen LogP contribution in [0.4, 0.5) is 31.1 Å². The first-order valence-corrected chi connectivity index (χ1v) is 14.2. The van der Waals surface area contributed by atoms with Gasteiger partial charge in [-0.2, -0.15) is 26.3 Å². The third-order valence-corrected chi connectivity index (χ3v) is 10.9. The lowest BCUT2D eigenvalue weighted by molar-refractivity contribution is -0.150. The van der Waals surface area contributed by atoms with Crippen LogP contribution >= 0.6 is 0 Å². The summed E-state index contributed by atoms with van der Waals surface area (Å²) >= 11 is 0. The molecular weight excluding hydrogens is 538 g/mol. The number of hydrogen-bond acceptors (Lipinski definition) is 6. The normalized spacial score (nSPS) is 16.8. The van der Waals surface area contributed by atoms with Gasteiger partial charge in [0.15, 0.2) is 14.1 Å². The standard InChI is InChI=1S/C22H26F6N6O3Si/c1-20(2,3)38(5,6)37-8-7-34-14(18(35)32(4)19(34)36)11-33-12-29-17(31-33)13-9-15(21(23,24)25)30-16(10-13)22(26,27)28/h9-12H,7-8H2,1-6H3/b14-11-. The molecule has 208 valence electrons. The van der Waals surface area contributed by atoms with Gasteiger partial charge in [0.2, 0.25) is 0 Å². The Labute approximate surface area is 215 Å². The van der Waals surface area contributed by atoms with E-state index in [1.165, 1.54) is 7.05 Å². The molecule has 0 saturated carbocycles. The summed E-state index contributed by atoms with van der Waals surface area (Å²) in [4.78, 5) is 33.8. The number of halogens is 6. The van der Waals surface area contributed by atoms with Gasteiger partial charge < -0.3 is 4.43 Å². The number of amides is 3. The molecule has 1 saturated heterocycles. The zero-order valence-corrected chi connectivity index (χ0v) is 22.4. The summed E-state index contributed by atoms with van der Waals surface area (Å²) in [6.45, 7) is 10.4. The van der Waals surface area contributed by atoms with Crippen LogP contribution in [-0.4, -0.2) is 70.0 Å². The molecule has 0 aromatic carbocycles. The van der Waals surface area contributed by atoms with Gasteiger partial charge in [0.25, 0.3) is 5.91 Å². The van der Waals surface area contributed by atoms with E-state index in [0.717, 1.165) is 27.0 Å². The number of carbonyl (C=O) groups is 2. The van der Waals surface area contributed by atoms with Crippen LogP contribution in [0, 0.1) is 0 Å². The monoisotopic (exact) mass is 564 g/mol. The van der Waals surface area contributed by atoms with E-state index >= 15 is 0 Å². The van der Waals surface area contributed by atoms with E-state index in [-0.39, 0.29) is 23.9 Å². The molecule has 2 aromatic rings. The van der Waals surface area contributed by atoms with Crippen LogP contribution in [0.15, 0.2) is 24.2 Å². The predicted octanol–water partition coefficient (Wildman–Crippen LogP) is 5.09. The molecule has 16 heteroatoms. The van der Waals surface area contributed by atoms with E-state index in [0.29, 0.717) is 12.1 Å². The van der Waals surface area contributed by atoms with Crippen LogP contribution in [0.5, 0.6) is 0 Å². The summed E-state index contributed by atoms with van der Waals surface area (Å²) in [6.07, 6.45) is -8.18. The fourth-order valence-electron chi connectivity index (χ4n) is 3.15. The smallest absolute Gasteiger partial charge is 0.415 e. The van der Waals surface area contributed by atoms with E-state index in [9.17, 15) is 35.9 Å². The number of hydrogen-bond donors (Lipinski definition) is 0. The number of likely N-dealkylation sites (N-methyl/N-ethyl adjacent to an activating group) is 1. The molecule has 2 aromatic heterocycles. The van der Waals surface area contributed by atoms with Crippen molar-refractivity contribution in [1.29, 1.82) is 0 Å². The molecule has 0 bridgehead atoms. The summed E-state index contributed by atoms with van der Waals surface area (Å²) < 4.78 is 85.9. The van der Waals surface area contributed by atoms with E-state index in [1.807, 2.05) is 33.9 Å². The third-order valence-electron chi connectivity index (χ3n) is 6.34. The summed E-state index contributed by atoms with van der Waals surface area (Å²) in [6, 6.07) is 0.161. The molecule has 0 radical (unpaired) electrons. The molecule has 3 amide bonds. The molecule has 0 atom stereocenters. The van der Waals surface area contributed by atoms with Gasteiger partial charge in [-0.05, 0) is 30.3 Å². The second kappa shape index (κ2) is 9.80. The maximum absolute atomic E-state index is 13.2. The van der Waals surface area contributed by atoms with E-state index in [2.05, 4.69) is 15.1 Å². The number of alkyl halides is 6. The van der Waals surface area contributed by atoms with Gasteiger partial charge in [-0.15, -0.1) is 5.10 Å². The lowest BCUT2D eigenvalue weighted by Crippen LogP contribution is -2.43. The SMILES string of the molecule is CN1C(=O)/C(=C/n2cnc(-c3cc(C(F)(F)F)nc(C(F)(F)F)c3)n2)N(CCO[Si](C)(C)C(C)(C)C)C1=O. The quantitative estimate of drug-likeness (QED) is 0.210. The lowest BCUT2D eigenvalue weighted by atomic mass is 10.1. The Morgan fingerprint density at radius 1 is 1.00 bits per heavy atom. The van der Waals surface area contributed by atoms with Gasteiger partial charge in [0, 0.05) is 12.6 Å². The van der Waals surface area contributed by atoms with Gasteiger partial charge in [-0.3, -0.25) is 14.6 Å². The number of urea groups is 1. The van der Waals surface area contributed by atoms with Crippen LogP contribution in [0.25, 0.3) is 17.6 Å². The van der Waals surface area contributed by atoms with Crippen molar-refractivity contribution in [3.8, 4) is 11.4 Å². The van der Waals surface area contributed by atoms with E-state index in [1.54, 1.807) is 0 Å². The molecule has 3 rings (SSSR count). The fourth-order valence-corrected chi connectivity index (χ4v) is 4.19. The number of carbonyl (C=O) groups excluding carboxylic acids is 2. The summed E-state index contributed by atoms with van der Waals surface area (Å²) in [5, 5.41) is 3.81. The van der Waals surface area contributed by atoms with E-state index in [4.69, 9.17) is 4.43 Å². The average Bonchev–Trinajstić information content (AvgIpc) is 3.32. The van der Waals surface area contributed by atoms with Crippen LogP contribution in [0.2, 0.25) is 18.1 Å². The van der Waals surface area contributed by atoms with Gasteiger partial charge in [0.1, 0.15) is 23.4 Å². The van der Waals surface area contributed by atoms with Crippen molar-refractivity contribution in [2.75, 3.05) is 20.2 Å². The summed E-state index contributed by atoms with van der Waals surface area (Å²) in [7, 11) is -0.876. The molecule has 1 aliphatic rings.